The van der Waals surface area contributed by atoms with Gasteiger partial charge < -0.3 is 9.13 Å². The molecule has 2 amide bonds. The predicted octanol–water partition coefficient (Wildman–Crippen LogP) is 5.11. The van der Waals surface area contributed by atoms with Crippen molar-refractivity contribution in [2.45, 2.75) is 32.9 Å². The summed E-state index contributed by atoms with van der Waals surface area (Å²) >= 11 is 0. The molecule has 0 bridgehead atoms. The fourth-order valence-corrected chi connectivity index (χ4v) is 5.41. The smallest absolute Gasteiger partial charge is 0.259 e. The van der Waals surface area contributed by atoms with E-state index in [2.05, 4.69) is 33.5 Å². The molecule has 5 aromatic rings. The van der Waals surface area contributed by atoms with Crippen LogP contribution in [0.15, 0.2) is 48.5 Å². The number of para-hydroxylation sites is 2. The molecule has 0 fully saturated rings. The third-order valence-corrected chi connectivity index (χ3v) is 6.58. The first kappa shape index (κ1) is 18.6. The number of nitrogens with one attached hydrogen (secondary N) is 1. The summed E-state index contributed by atoms with van der Waals surface area (Å²) in [5, 5.41) is 15.2. The van der Waals surface area contributed by atoms with Crippen LogP contribution in [0.2, 0.25) is 0 Å². The second-order valence-electron chi connectivity index (χ2n) is 8.17. The van der Waals surface area contributed by atoms with Crippen LogP contribution in [0.25, 0.3) is 43.6 Å². The summed E-state index contributed by atoms with van der Waals surface area (Å²) in [5.41, 5.74) is 4.92. The third kappa shape index (κ3) is 2.23. The van der Waals surface area contributed by atoms with Gasteiger partial charge in [0.05, 0.1) is 28.2 Å². The monoisotopic (exact) mass is 420 g/mol. The van der Waals surface area contributed by atoms with E-state index < -0.39 is 0 Å². The van der Waals surface area contributed by atoms with Crippen molar-refractivity contribution in [3.8, 4) is 6.07 Å². The molecular formula is C26H20N4O2. The van der Waals surface area contributed by atoms with Crippen molar-refractivity contribution in [3.05, 3.63) is 59.7 Å². The molecule has 0 saturated heterocycles. The van der Waals surface area contributed by atoms with Crippen LogP contribution in [0, 0.1) is 11.3 Å². The minimum atomic E-state index is -0.342. The van der Waals surface area contributed by atoms with Crippen molar-refractivity contribution in [2.75, 3.05) is 0 Å². The fraction of sp³-hybridized carbons (Fsp3) is 0.192. The molecule has 6 heteroatoms. The summed E-state index contributed by atoms with van der Waals surface area (Å²) in [7, 11) is 0. The topological polar surface area (TPSA) is 79.8 Å². The quantitative estimate of drug-likeness (QED) is 0.324. The Morgan fingerprint density at radius 3 is 1.94 bits per heavy atom. The molecule has 6 rings (SSSR count). The first-order chi connectivity index (χ1) is 15.7. The van der Waals surface area contributed by atoms with E-state index in [1.807, 2.05) is 42.5 Å². The molecule has 0 atom stereocenters. The number of benzene rings is 3. The molecule has 0 aliphatic carbocycles. The number of rotatable bonds is 4. The normalized spacial score (nSPS) is 13.4. The van der Waals surface area contributed by atoms with E-state index in [-0.39, 0.29) is 11.8 Å². The first-order valence-electron chi connectivity index (χ1n) is 10.9. The lowest BCUT2D eigenvalue weighted by Crippen LogP contribution is -2.20. The molecule has 0 saturated carbocycles. The number of nitrogens with zero attached hydrogens (tertiary/aromatic N) is 3. The number of aromatic nitrogens is 2. The van der Waals surface area contributed by atoms with Crippen molar-refractivity contribution >= 4 is 55.4 Å². The zero-order valence-electron chi connectivity index (χ0n) is 17.6. The van der Waals surface area contributed by atoms with Crippen LogP contribution in [0.1, 0.15) is 40.5 Å². The highest BCUT2D eigenvalue weighted by molar-refractivity contribution is 6.39. The van der Waals surface area contributed by atoms with Crippen LogP contribution >= 0.6 is 0 Å². The minimum absolute atomic E-state index is 0.336. The Kier molecular flexibility index (Phi) is 3.90. The number of amides is 2. The Balaban J connectivity index is 1.95. The van der Waals surface area contributed by atoms with Crippen LogP contribution in [-0.4, -0.2) is 20.9 Å². The average molecular weight is 420 g/mol. The fourth-order valence-electron chi connectivity index (χ4n) is 5.41. The van der Waals surface area contributed by atoms with Crippen molar-refractivity contribution in [1.82, 2.24) is 14.5 Å². The molecule has 0 radical (unpaired) electrons. The number of aryl methyl sites for hydroxylation is 2. The van der Waals surface area contributed by atoms with Gasteiger partial charge in [-0.15, -0.1) is 0 Å². The summed E-state index contributed by atoms with van der Waals surface area (Å²) in [6.07, 6.45) is 1.16. The van der Waals surface area contributed by atoms with Crippen LogP contribution in [0.5, 0.6) is 0 Å². The number of nitriles is 1. The van der Waals surface area contributed by atoms with Gasteiger partial charge in [-0.1, -0.05) is 36.4 Å². The lowest BCUT2D eigenvalue weighted by molar-refractivity contribution is 0.0880. The highest BCUT2D eigenvalue weighted by Gasteiger charge is 2.36. The van der Waals surface area contributed by atoms with Gasteiger partial charge in [0, 0.05) is 52.1 Å². The number of imide groups is 1. The predicted molar refractivity (Wildman–Crippen MR) is 125 cm³/mol. The summed E-state index contributed by atoms with van der Waals surface area (Å²) in [4.78, 5) is 26.1. The molecule has 1 N–H and O–H groups in total. The molecule has 156 valence electrons. The van der Waals surface area contributed by atoms with Crippen LogP contribution in [-0.2, 0) is 13.1 Å². The largest absolute Gasteiger partial charge is 0.339 e. The van der Waals surface area contributed by atoms with Crippen LogP contribution < -0.4 is 5.32 Å². The Labute approximate surface area is 183 Å². The van der Waals surface area contributed by atoms with Gasteiger partial charge in [-0.2, -0.15) is 5.26 Å². The molecule has 0 spiro atoms. The minimum Gasteiger partial charge on any atom is -0.339 e. The molecular weight excluding hydrogens is 400 g/mol. The summed E-state index contributed by atoms with van der Waals surface area (Å²) in [6, 6.07) is 18.3. The summed E-state index contributed by atoms with van der Waals surface area (Å²) < 4.78 is 4.47. The molecule has 2 aromatic heterocycles. The van der Waals surface area contributed by atoms with Gasteiger partial charge in [-0.25, -0.2) is 0 Å². The van der Waals surface area contributed by atoms with E-state index in [0.29, 0.717) is 30.5 Å². The van der Waals surface area contributed by atoms with E-state index >= 15 is 0 Å². The Morgan fingerprint density at radius 2 is 1.38 bits per heavy atom. The molecule has 1 aliphatic rings. The van der Waals surface area contributed by atoms with Gasteiger partial charge in [0.2, 0.25) is 0 Å². The van der Waals surface area contributed by atoms with Gasteiger partial charge in [0.15, 0.2) is 0 Å². The van der Waals surface area contributed by atoms with E-state index in [9.17, 15) is 9.59 Å². The highest BCUT2D eigenvalue weighted by Crippen LogP contribution is 2.44. The number of hydrogen-bond acceptors (Lipinski definition) is 3. The molecule has 1 aliphatic heterocycles. The van der Waals surface area contributed by atoms with Crippen LogP contribution in [0.4, 0.5) is 0 Å². The maximum absolute atomic E-state index is 13.1. The second kappa shape index (κ2) is 6.69. The van der Waals surface area contributed by atoms with Gasteiger partial charge in [-0.05, 0) is 25.5 Å². The zero-order valence-corrected chi connectivity index (χ0v) is 17.6. The van der Waals surface area contributed by atoms with Crippen molar-refractivity contribution in [2.24, 2.45) is 0 Å². The van der Waals surface area contributed by atoms with E-state index in [1.165, 1.54) is 0 Å². The van der Waals surface area contributed by atoms with E-state index in [4.69, 9.17) is 5.26 Å². The van der Waals surface area contributed by atoms with E-state index in [0.717, 1.165) is 50.2 Å². The zero-order chi connectivity index (χ0) is 22.0. The molecule has 3 aromatic carbocycles. The molecule has 0 unspecified atom stereocenters. The Bertz CT molecular complexity index is 1660. The number of hydrogen-bond donors (Lipinski definition) is 1. The van der Waals surface area contributed by atoms with Gasteiger partial charge in [0.1, 0.15) is 0 Å². The lowest BCUT2D eigenvalue weighted by Gasteiger charge is -2.11. The highest BCUT2D eigenvalue weighted by atomic mass is 16.2. The Morgan fingerprint density at radius 1 is 0.844 bits per heavy atom. The van der Waals surface area contributed by atoms with Crippen molar-refractivity contribution in [3.63, 3.8) is 0 Å². The third-order valence-electron chi connectivity index (χ3n) is 6.58. The maximum Gasteiger partial charge on any atom is 0.259 e. The first-order valence-corrected chi connectivity index (χ1v) is 10.9. The van der Waals surface area contributed by atoms with E-state index in [1.54, 1.807) is 0 Å². The number of unbranched alkanes of at least 4 members (excludes halogenated alkanes) is 1. The van der Waals surface area contributed by atoms with Gasteiger partial charge >= 0.3 is 0 Å². The SMILES string of the molecule is CCn1c2ccccc2c2c3c(c4c5ccccc5n(CCCC#N)c4c21)C(=O)NC3=O. The summed E-state index contributed by atoms with van der Waals surface area (Å²) in [5.74, 6) is -0.678. The second-order valence-corrected chi connectivity index (χ2v) is 8.17. The number of carbonyl (C=O) groups excluding carboxylic acids is 2. The standard InChI is InChI=1S/C26H20N4O2/c1-2-29-17-11-5-3-9-15(17)19-21-22(26(32)28-25(21)31)20-16-10-4-6-12-18(16)30(14-8-7-13-27)24(20)23(19)29/h3-6,9-12H,2,7-8,14H2,1H3,(H,28,31,32). The van der Waals surface area contributed by atoms with Crippen molar-refractivity contribution < 1.29 is 9.59 Å². The maximum atomic E-state index is 13.1. The van der Waals surface area contributed by atoms with Crippen LogP contribution in [0.3, 0.4) is 0 Å². The van der Waals surface area contributed by atoms with Crippen molar-refractivity contribution in [1.29, 1.82) is 5.26 Å². The number of carbonyl (C=O) groups is 2. The van der Waals surface area contributed by atoms with Gasteiger partial charge in [-0.3, -0.25) is 14.9 Å². The van der Waals surface area contributed by atoms with Gasteiger partial charge in [0.25, 0.3) is 11.8 Å². The molecule has 6 nitrogen and oxygen atoms in total. The Hall–Kier alpha value is -4.11. The lowest BCUT2D eigenvalue weighted by atomic mass is 9.96. The summed E-state index contributed by atoms with van der Waals surface area (Å²) in [6.45, 7) is 3.48. The average Bonchev–Trinajstić information content (AvgIpc) is 3.41. The number of fused-ring (bicyclic) bond motifs is 10. The molecule has 32 heavy (non-hydrogen) atoms. The molecule has 3 heterocycles.